The monoisotopic (exact) mass is 466 g/mol. The van der Waals surface area contributed by atoms with E-state index in [9.17, 15) is 14.7 Å². The standard InChI is InChI=1S/C22H26N8O4/c1-13-5-22(21(33)30(13)16-4-20(32)34-11-16)6-14-2-3-15(7-22)28(14)10-18(31)17-8-24-19(9-23-17)29-12-25-26-27-29/h4,8-9,12-15,18,31H,2-3,5-7,10-11H2,1H3/t13?,14?,15?,18-,22?/m1/s1. The van der Waals surface area contributed by atoms with E-state index in [1.807, 2.05) is 6.92 Å². The smallest absolute Gasteiger partial charge is 0.333 e. The summed E-state index contributed by atoms with van der Waals surface area (Å²) >= 11 is 0. The molecule has 4 aliphatic rings. The molecule has 0 aliphatic carbocycles. The largest absolute Gasteiger partial charge is 0.456 e. The minimum atomic E-state index is -0.783. The number of carbonyl (C=O) groups excluding carboxylic acids is 2. The minimum Gasteiger partial charge on any atom is -0.456 e. The topological polar surface area (TPSA) is 139 Å². The number of tetrazole rings is 1. The summed E-state index contributed by atoms with van der Waals surface area (Å²) in [4.78, 5) is 38.0. The number of fused-ring (bicyclic) bond motifs is 2. The van der Waals surface area contributed by atoms with Crippen molar-refractivity contribution in [2.45, 2.75) is 63.3 Å². The lowest BCUT2D eigenvalue weighted by Crippen LogP contribution is -2.51. The quantitative estimate of drug-likeness (QED) is 0.606. The van der Waals surface area contributed by atoms with Gasteiger partial charge in [0.05, 0.1) is 29.2 Å². The molecule has 3 fully saturated rings. The van der Waals surface area contributed by atoms with E-state index in [0.717, 1.165) is 32.1 Å². The van der Waals surface area contributed by atoms with Crippen LogP contribution in [-0.2, 0) is 14.3 Å². The first kappa shape index (κ1) is 21.3. The molecule has 12 heteroatoms. The molecule has 1 N–H and O–H groups in total. The molecule has 34 heavy (non-hydrogen) atoms. The van der Waals surface area contributed by atoms with Crippen LogP contribution in [0.25, 0.3) is 5.82 Å². The van der Waals surface area contributed by atoms with Crippen molar-refractivity contribution in [1.82, 2.24) is 40.0 Å². The number of likely N-dealkylation sites (tertiary alicyclic amines) is 1. The highest BCUT2D eigenvalue weighted by molar-refractivity contribution is 5.91. The fraction of sp³-hybridized carbons (Fsp3) is 0.591. The van der Waals surface area contributed by atoms with E-state index in [1.54, 1.807) is 11.1 Å². The van der Waals surface area contributed by atoms with Crippen molar-refractivity contribution in [3.05, 3.63) is 36.2 Å². The number of aliphatic hydroxyl groups is 1. The number of rotatable bonds is 5. The van der Waals surface area contributed by atoms with Crippen molar-refractivity contribution in [3.8, 4) is 5.82 Å². The molecule has 6 rings (SSSR count). The molecule has 0 saturated carbocycles. The van der Waals surface area contributed by atoms with Crippen molar-refractivity contribution in [1.29, 1.82) is 0 Å². The van der Waals surface area contributed by atoms with Gasteiger partial charge in [-0.25, -0.2) is 9.78 Å². The molecule has 3 unspecified atom stereocenters. The lowest BCUT2D eigenvalue weighted by atomic mass is 9.72. The molecule has 4 atom stereocenters. The fourth-order valence-corrected chi connectivity index (χ4v) is 6.38. The SMILES string of the molecule is CC1CC2(CC3CCC(C2)N3C[C@@H](O)c2cnc(-n3cnnn3)cn2)C(=O)N1C1=CC(=O)OC1. The number of carbonyl (C=O) groups is 2. The summed E-state index contributed by atoms with van der Waals surface area (Å²) in [6.45, 7) is 2.67. The highest BCUT2D eigenvalue weighted by atomic mass is 16.5. The van der Waals surface area contributed by atoms with Gasteiger partial charge in [0.1, 0.15) is 19.0 Å². The maximum Gasteiger partial charge on any atom is 0.333 e. The zero-order valence-electron chi connectivity index (χ0n) is 18.8. The van der Waals surface area contributed by atoms with Crippen LogP contribution in [0.1, 0.15) is 50.8 Å². The van der Waals surface area contributed by atoms with E-state index in [-0.39, 0.29) is 36.6 Å². The van der Waals surface area contributed by atoms with E-state index >= 15 is 0 Å². The maximum atomic E-state index is 13.6. The summed E-state index contributed by atoms with van der Waals surface area (Å²) < 4.78 is 6.46. The van der Waals surface area contributed by atoms with Gasteiger partial charge in [0.25, 0.3) is 0 Å². The summed E-state index contributed by atoms with van der Waals surface area (Å²) in [7, 11) is 0. The Kier molecular flexibility index (Phi) is 4.96. The van der Waals surface area contributed by atoms with Gasteiger partial charge in [-0.1, -0.05) is 0 Å². The fourth-order valence-electron chi connectivity index (χ4n) is 6.38. The predicted molar refractivity (Wildman–Crippen MR) is 115 cm³/mol. The Hall–Kier alpha value is -3.25. The Bertz CT molecular complexity index is 1120. The Balaban J connectivity index is 1.15. The average molecular weight is 467 g/mol. The summed E-state index contributed by atoms with van der Waals surface area (Å²) in [6, 6.07) is 0.501. The predicted octanol–water partition coefficient (Wildman–Crippen LogP) is 0.160. The Morgan fingerprint density at radius 1 is 1.18 bits per heavy atom. The molecule has 0 radical (unpaired) electrons. The first-order valence-corrected chi connectivity index (χ1v) is 11.6. The summed E-state index contributed by atoms with van der Waals surface area (Å²) in [5, 5.41) is 21.9. The molecule has 0 aromatic carbocycles. The molecule has 4 aliphatic heterocycles. The molecule has 2 bridgehead atoms. The zero-order valence-corrected chi connectivity index (χ0v) is 18.8. The third kappa shape index (κ3) is 3.40. The van der Waals surface area contributed by atoms with Gasteiger partial charge in [0.15, 0.2) is 5.82 Å². The summed E-state index contributed by atoms with van der Waals surface area (Å²) in [6.07, 6.45) is 9.51. The van der Waals surface area contributed by atoms with E-state index in [1.165, 1.54) is 23.3 Å². The van der Waals surface area contributed by atoms with Crippen LogP contribution in [0.2, 0.25) is 0 Å². The van der Waals surface area contributed by atoms with Gasteiger partial charge in [-0.2, -0.15) is 4.68 Å². The van der Waals surface area contributed by atoms with Crippen molar-refractivity contribution in [2.75, 3.05) is 13.2 Å². The Morgan fingerprint density at radius 3 is 2.59 bits per heavy atom. The van der Waals surface area contributed by atoms with Crippen molar-refractivity contribution in [3.63, 3.8) is 0 Å². The van der Waals surface area contributed by atoms with Crippen molar-refractivity contribution < 1.29 is 19.4 Å². The summed E-state index contributed by atoms with van der Waals surface area (Å²) in [5.41, 5.74) is 0.756. The highest BCUT2D eigenvalue weighted by Crippen LogP contribution is 2.53. The molecule has 1 spiro atoms. The van der Waals surface area contributed by atoms with Crippen LogP contribution >= 0.6 is 0 Å². The molecule has 12 nitrogen and oxygen atoms in total. The third-order valence-corrected chi connectivity index (χ3v) is 7.75. The Morgan fingerprint density at radius 2 is 1.97 bits per heavy atom. The number of hydrogen-bond donors (Lipinski definition) is 1. The number of ether oxygens (including phenoxy) is 1. The van der Waals surface area contributed by atoms with Crippen molar-refractivity contribution >= 4 is 11.9 Å². The molecule has 2 aromatic rings. The number of hydrogen-bond acceptors (Lipinski definition) is 10. The van der Waals surface area contributed by atoms with Crippen LogP contribution in [0.15, 0.2) is 30.5 Å². The van der Waals surface area contributed by atoms with Crippen LogP contribution in [0.3, 0.4) is 0 Å². The van der Waals surface area contributed by atoms with Gasteiger partial charge >= 0.3 is 5.97 Å². The lowest BCUT2D eigenvalue weighted by molar-refractivity contribution is -0.140. The number of cyclic esters (lactones) is 1. The second-order valence-electron chi connectivity index (χ2n) is 9.81. The maximum absolute atomic E-state index is 13.6. The molecule has 178 valence electrons. The molecule has 3 saturated heterocycles. The van der Waals surface area contributed by atoms with Gasteiger partial charge in [0.2, 0.25) is 5.91 Å². The van der Waals surface area contributed by atoms with Crippen LogP contribution in [0, 0.1) is 5.41 Å². The van der Waals surface area contributed by atoms with Crippen LogP contribution in [-0.4, -0.2) is 88.2 Å². The van der Waals surface area contributed by atoms with E-state index in [2.05, 4.69) is 30.4 Å². The van der Waals surface area contributed by atoms with Gasteiger partial charge in [0, 0.05) is 30.7 Å². The van der Waals surface area contributed by atoms with Crippen LogP contribution < -0.4 is 0 Å². The normalized spacial score (nSPS) is 31.9. The molecule has 1 amide bonds. The number of aliphatic hydroxyl groups excluding tert-OH is 1. The average Bonchev–Trinajstić information content (AvgIpc) is 3.59. The zero-order chi connectivity index (χ0) is 23.4. The Labute approximate surface area is 195 Å². The lowest BCUT2D eigenvalue weighted by Gasteiger charge is -2.44. The number of piperidine rings is 1. The van der Waals surface area contributed by atoms with Crippen LogP contribution in [0.5, 0.6) is 0 Å². The van der Waals surface area contributed by atoms with E-state index in [4.69, 9.17) is 4.74 Å². The molecule has 2 aromatic heterocycles. The van der Waals surface area contributed by atoms with Gasteiger partial charge in [-0.05, 0) is 49.5 Å². The summed E-state index contributed by atoms with van der Waals surface area (Å²) in [5.74, 6) is 0.212. The second kappa shape index (κ2) is 7.91. The molecule has 6 heterocycles. The molecular formula is C22H26N8O4. The van der Waals surface area contributed by atoms with E-state index in [0.29, 0.717) is 23.8 Å². The number of amides is 1. The number of aromatic nitrogens is 6. The number of esters is 1. The van der Waals surface area contributed by atoms with Gasteiger partial charge < -0.3 is 14.7 Å². The molecular weight excluding hydrogens is 440 g/mol. The third-order valence-electron chi connectivity index (χ3n) is 7.75. The van der Waals surface area contributed by atoms with Gasteiger partial charge in [-0.15, -0.1) is 5.10 Å². The van der Waals surface area contributed by atoms with Crippen LogP contribution in [0.4, 0.5) is 0 Å². The van der Waals surface area contributed by atoms with E-state index < -0.39 is 11.5 Å². The highest BCUT2D eigenvalue weighted by Gasteiger charge is 2.58. The second-order valence-corrected chi connectivity index (χ2v) is 9.81. The first-order valence-electron chi connectivity index (χ1n) is 11.6. The van der Waals surface area contributed by atoms with Gasteiger partial charge in [-0.3, -0.25) is 14.7 Å². The first-order chi connectivity index (χ1) is 16.4. The minimum absolute atomic E-state index is 0.0405. The van der Waals surface area contributed by atoms with Crippen molar-refractivity contribution in [2.24, 2.45) is 5.41 Å². The number of nitrogens with zero attached hydrogens (tertiary/aromatic N) is 8.